The quantitative estimate of drug-likeness (QED) is 0.516. The zero-order chi connectivity index (χ0) is 7.15. The summed E-state index contributed by atoms with van der Waals surface area (Å²) in [5.74, 6) is 0. The largest absolute Gasteiger partial charge is 2.00 e. The van der Waals surface area contributed by atoms with E-state index in [0.717, 1.165) is 0 Å². The van der Waals surface area contributed by atoms with Crippen molar-refractivity contribution < 1.29 is 19.5 Å². The van der Waals surface area contributed by atoms with E-state index < -0.39 is 0 Å². The van der Waals surface area contributed by atoms with Crippen LogP contribution in [0.4, 0.5) is 0 Å². The van der Waals surface area contributed by atoms with E-state index in [1.54, 1.807) is 0 Å². The molecule has 3 heteroatoms. The molecule has 0 heterocycles. The van der Waals surface area contributed by atoms with Crippen LogP contribution in [0.5, 0.6) is 0 Å². The molecule has 0 aliphatic rings. The molecule has 0 unspecified atom stereocenters. The molecule has 2 nitrogen and oxygen atoms in total. The molecule has 0 rings (SSSR count). The molecule has 2 N–H and O–H groups in total. The molecule has 0 fully saturated rings. The van der Waals surface area contributed by atoms with Crippen molar-refractivity contribution in [1.82, 2.24) is 0 Å². The minimum Gasteiger partial charge on any atom is -0.675 e. The second-order valence-electron chi connectivity index (χ2n) is 2.31. The summed E-state index contributed by atoms with van der Waals surface area (Å²) < 4.78 is 0. The average molecular weight is 182 g/mol. The van der Waals surface area contributed by atoms with Gasteiger partial charge in [-0.05, 0) is 0 Å². The third kappa shape index (κ3) is 1240. The molecule has 0 saturated heterocycles. The summed E-state index contributed by atoms with van der Waals surface area (Å²) in [5, 5.41) is 0. The van der Waals surface area contributed by atoms with Crippen LogP contribution in [0.25, 0.3) is 11.5 Å². The molecule has 52 valence electrons. The van der Waals surface area contributed by atoms with Gasteiger partial charge in [-0.25, -0.2) is 0 Å². The first-order chi connectivity index (χ1) is 3.46. The summed E-state index contributed by atoms with van der Waals surface area (Å²) in [4.78, 5) is 0. The van der Waals surface area contributed by atoms with Crippen LogP contribution in [0.2, 0.25) is 0 Å². The van der Waals surface area contributed by atoms with Gasteiger partial charge in [0.05, 0.1) is 0 Å². The Hall–Kier alpha value is 0.543. The summed E-state index contributed by atoms with van der Waals surface area (Å²) in [6, 6.07) is 0.167. The van der Waals surface area contributed by atoms with Gasteiger partial charge in [0, 0.05) is 0 Å². The van der Waals surface area contributed by atoms with E-state index >= 15 is 0 Å². The Balaban J connectivity index is -0.0000000720. The summed E-state index contributed by atoms with van der Waals surface area (Å²) >= 11 is 0. The fraction of sp³-hybridized carbons (Fsp3) is 1.00. The van der Waals surface area contributed by atoms with Crippen LogP contribution < -0.4 is 0 Å². The van der Waals surface area contributed by atoms with Crippen molar-refractivity contribution >= 4 is 0 Å². The number of hydrogen-bond donors (Lipinski definition) is 0. The van der Waals surface area contributed by atoms with Gasteiger partial charge in [-0.2, -0.15) is 0 Å². The second kappa shape index (κ2) is 11.4. The Labute approximate surface area is 71.1 Å². The van der Waals surface area contributed by atoms with Gasteiger partial charge in [-0.15, -0.1) is 12.1 Å². The first kappa shape index (κ1) is 16.3. The molecule has 0 saturated carbocycles. The number of hydrogen-bond acceptors (Lipinski definition) is 0. The normalized spacial score (nSPS) is 8.00. The van der Waals surface area contributed by atoms with Crippen molar-refractivity contribution in [3.05, 3.63) is 11.5 Å². The SMILES string of the molecule is CC(C)[NH-].CC(C)[NH-].[Zn+2]. The molecule has 0 aromatic heterocycles. The minimum atomic E-state index is 0. The third-order valence-corrected chi connectivity index (χ3v) is 0. The monoisotopic (exact) mass is 180 g/mol. The van der Waals surface area contributed by atoms with Crippen LogP contribution in [0.15, 0.2) is 0 Å². The average Bonchev–Trinajstić information content (AvgIpc) is 1.25. The molecule has 0 amide bonds. The van der Waals surface area contributed by atoms with E-state index in [1.165, 1.54) is 0 Å². The molecule has 0 bridgehead atoms. The van der Waals surface area contributed by atoms with Crippen molar-refractivity contribution in [2.24, 2.45) is 0 Å². The molecule has 0 spiro atoms. The first-order valence-corrected chi connectivity index (χ1v) is 2.89. The molecule has 0 aromatic rings. The Kier molecular flexibility index (Phi) is 20.5. The topological polar surface area (TPSA) is 47.6 Å². The van der Waals surface area contributed by atoms with Gasteiger partial charge < -0.3 is 11.5 Å². The van der Waals surface area contributed by atoms with Crippen molar-refractivity contribution in [2.75, 3.05) is 0 Å². The maximum absolute atomic E-state index is 6.58. The first-order valence-electron chi connectivity index (χ1n) is 2.89. The van der Waals surface area contributed by atoms with Crippen molar-refractivity contribution in [2.45, 2.75) is 39.8 Å². The maximum Gasteiger partial charge on any atom is 2.00 e. The Morgan fingerprint density at radius 3 is 0.778 bits per heavy atom. The zero-order valence-corrected chi connectivity index (χ0v) is 9.83. The van der Waals surface area contributed by atoms with Gasteiger partial charge >= 0.3 is 19.5 Å². The molecule has 0 radical (unpaired) electrons. The molecular weight excluding hydrogens is 165 g/mol. The standard InChI is InChI=1S/2C3H8N.Zn/c2*1-3(2)4;/h2*3-4H,1-2H3;/q2*-1;+2. The van der Waals surface area contributed by atoms with Gasteiger partial charge in [0.25, 0.3) is 0 Å². The van der Waals surface area contributed by atoms with Crippen LogP contribution in [0, 0.1) is 0 Å². The van der Waals surface area contributed by atoms with Crippen LogP contribution in [-0.2, 0) is 19.5 Å². The fourth-order valence-electron chi connectivity index (χ4n) is 0. The van der Waals surface area contributed by atoms with Crippen LogP contribution in [-0.4, -0.2) is 12.1 Å². The van der Waals surface area contributed by atoms with E-state index in [2.05, 4.69) is 0 Å². The molecular formula is C6H16N2Zn. The van der Waals surface area contributed by atoms with Gasteiger partial charge in [0.15, 0.2) is 0 Å². The van der Waals surface area contributed by atoms with Gasteiger partial charge in [-0.3, -0.25) is 0 Å². The van der Waals surface area contributed by atoms with E-state index in [0.29, 0.717) is 0 Å². The fourth-order valence-corrected chi connectivity index (χ4v) is 0. The summed E-state index contributed by atoms with van der Waals surface area (Å²) in [7, 11) is 0. The molecule has 0 aliphatic carbocycles. The van der Waals surface area contributed by atoms with Gasteiger partial charge in [0.2, 0.25) is 0 Å². The smallest absolute Gasteiger partial charge is 0.675 e. The molecule has 0 aliphatic heterocycles. The minimum absolute atomic E-state index is 0. The summed E-state index contributed by atoms with van der Waals surface area (Å²) in [6.07, 6.45) is 0. The molecule has 9 heavy (non-hydrogen) atoms. The van der Waals surface area contributed by atoms with Crippen LogP contribution >= 0.6 is 0 Å². The zero-order valence-electron chi connectivity index (χ0n) is 6.86. The van der Waals surface area contributed by atoms with Gasteiger partial charge in [-0.1, -0.05) is 27.7 Å². The van der Waals surface area contributed by atoms with Crippen molar-refractivity contribution in [1.29, 1.82) is 0 Å². The second-order valence-corrected chi connectivity index (χ2v) is 2.31. The van der Waals surface area contributed by atoms with Crippen molar-refractivity contribution in [3.63, 3.8) is 0 Å². The van der Waals surface area contributed by atoms with E-state index in [-0.39, 0.29) is 31.6 Å². The third-order valence-electron chi connectivity index (χ3n) is 0. The Morgan fingerprint density at radius 1 is 0.778 bits per heavy atom. The summed E-state index contributed by atoms with van der Waals surface area (Å²) in [6.45, 7) is 7.33. The number of rotatable bonds is 0. The predicted molar refractivity (Wildman–Crippen MR) is 38.9 cm³/mol. The van der Waals surface area contributed by atoms with Gasteiger partial charge in [0.1, 0.15) is 0 Å². The Bertz CT molecular complexity index is 26.5. The molecule has 0 aromatic carbocycles. The summed E-state index contributed by atoms with van der Waals surface area (Å²) in [5.41, 5.74) is 13.2. The van der Waals surface area contributed by atoms with E-state index in [1.807, 2.05) is 27.7 Å². The number of nitrogens with one attached hydrogen (secondary N) is 2. The predicted octanol–water partition coefficient (Wildman–Crippen LogP) is 2.89. The van der Waals surface area contributed by atoms with Crippen LogP contribution in [0.3, 0.4) is 0 Å². The maximum atomic E-state index is 6.58. The van der Waals surface area contributed by atoms with Crippen molar-refractivity contribution in [3.8, 4) is 0 Å². The van der Waals surface area contributed by atoms with E-state index in [9.17, 15) is 0 Å². The Morgan fingerprint density at radius 2 is 0.778 bits per heavy atom. The van der Waals surface area contributed by atoms with E-state index in [4.69, 9.17) is 11.5 Å². The van der Waals surface area contributed by atoms with Crippen LogP contribution in [0.1, 0.15) is 27.7 Å². The molecule has 0 atom stereocenters.